The average molecular weight is 312 g/mol. The van der Waals surface area contributed by atoms with Crippen molar-refractivity contribution in [1.82, 2.24) is 10.6 Å². The van der Waals surface area contributed by atoms with Crippen molar-refractivity contribution in [3.8, 4) is 5.75 Å². The Morgan fingerprint density at radius 1 is 1.00 bits per heavy atom. The van der Waals surface area contributed by atoms with Crippen LogP contribution in [-0.4, -0.2) is 26.2 Å². The first-order valence-electron chi connectivity index (χ1n) is 8.43. The summed E-state index contributed by atoms with van der Waals surface area (Å²) in [5.74, 6) is 0.944. The third kappa shape index (κ3) is 6.05. The molecule has 0 spiro atoms. The summed E-state index contributed by atoms with van der Waals surface area (Å²) < 4.78 is 5.44. The van der Waals surface area contributed by atoms with Crippen molar-refractivity contribution in [3.05, 3.63) is 65.7 Å². The molecule has 2 aromatic rings. The van der Waals surface area contributed by atoms with Crippen LogP contribution in [0.5, 0.6) is 5.75 Å². The second-order valence-corrected chi connectivity index (χ2v) is 5.78. The zero-order valence-electron chi connectivity index (χ0n) is 14.2. The second kappa shape index (κ2) is 10.0. The summed E-state index contributed by atoms with van der Waals surface area (Å²) in [5.41, 5.74) is 2.56. The molecule has 124 valence electrons. The Morgan fingerprint density at radius 2 is 1.74 bits per heavy atom. The van der Waals surface area contributed by atoms with Crippen molar-refractivity contribution in [1.29, 1.82) is 0 Å². The minimum Gasteiger partial charge on any atom is -0.496 e. The van der Waals surface area contributed by atoms with Gasteiger partial charge in [0, 0.05) is 24.7 Å². The van der Waals surface area contributed by atoms with E-state index in [1.54, 1.807) is 7.11 Å². The highest BCUT2D eigenvalue weighted by atomic mass is 16.5. The molecule has 0 saturated carbocycles. The van der Waals surface area contributed by atoms with Crippen molar-refractivity contribution >= 4 is 0 Å². The van der Waals surface area contributed by atoms with E-state index in [-0.39, 0.29) is 0 Å². The molecule has 0 radical (unpaired) electrons. The van der Waals surface area contributed by atoms with Crippen molar-refractivity contribution in [2.45, 2.75) is 32.4 Å². The Morgan fingerprint density at radius 3 is 2.48 bits per heavy atom. The molecule has 0 heterocycles. The summed E-state index contributed by atoms with van der Waals surface area (Å²) in [6.07, 6.45) is 2.18. The molecule has 0 aliphatic heterocycles. The smallest absolute Gasteiger partial charge is 0.123 e. The minimum atomic E-state index is 0.397. The number of para-hydroxylation sites is 1. The Kier molecular flexibility index (Phi) is 7.64. The number of hydrogen-bond donors (Lipinski definition) is 2. The molecule has 3 heteroatoms. The second-order valence-electron chi connectivity index (χ2n) is 5.78. The van der Waals surface area contributed by atoms with E-state index >= 15 is 0 Å². The first-order chi connectivity index (χ1) is 11.3. The van der Waals surface area contributed by atoms with Crippen molar-refractivity contribution in [3.63, 3.8) is 0 Å². The van der Waals surface area contributed by atoms with Crippen LogP contribution in [0.15, 0.2) is 54.6 Å². The topological polar surface area (TPSA) is 33.3 Å². The summed E-state index contributed by atoms with van der Waals surface area (Å²) in [4.78, 5) is 0. The summed E-state index contributed by atoms with van der Waals surface area (Å²) >= 11 is 0. The Labute approximate surface area is 140 Å². The summed E-state index contributed by atoms with van der Waals surface area (Å²) in [6, 6.07) is 19.2. The molecular weight excluding hydrogens is 284 g/mol. The third-order valence-electron chi connectivity index (χ3n) is 3.92. The lowest BCUT2D eigenvalue weighted by Crippen LogP contribution is -2.40. The molecule has 0 fully saturated rings. The molecule has 0 aliphatic carbocycles. The van der Waals surface area contributed by atoms with E-state index in [1.807, 2.05) is 12.1 Å². The largest absolute Gasteiger partial charge is 0.496 e. The fourth-order valence-electron chi connectivity index (χ4n) is 2.67. The monoisotopic (exact) mass is 312 g/mol. The first-order valence-corrected chi connectivity index (χ1v) is 8.43. The van der Waals surface area contributed by atoms with Gasteiger partial charge in [-0.25, -0.2) is 0 Å². The number of hydrogen-bond acceptors (Lipinski definition) is 3. The maximum atomic E-state index is 5.44. The van der Waals surface area contributed by atoms with E-state index in [2.05, 4.69) is 60.0 Å². The van der Waals surface area contributed by atoms with Gasteiger partial charge in [0.05, 0.1) is 7.11 Å². The van der Waals surface area contributed by atoms with Crippen molar-refractivity contribution in [2.75, 3.05) is 20.2 Å². The van der Waals surface area contributed by atoms with Crippen LogP contribution in [0.25, 0.3) is 0 Å². The Hall–Kier alpha value is -1.84. The standard InChI is InChI=1S/C20H28N2O/c1-3-13-21-16-19(14-17-9-5-4-6-10-17)22-15-18-11-7-8-12-20(18)23-2/h4-12,19,21-22H,3,13-16H2,1-2H3. The van der Waals surface area contributed by atoms with Gasteiger partial charge in [0.1, 0.15) is 5.75 Å². The lowest BCUT2D eigenvalue weighted by atomic mass is 10.1. The van der Waals surface area contributed by atoms with Crippen molar-refractivity contribution < 1.29 is 4.74 Å². The number of benzene rings is 2. The molecule has 23 heavy (non-hydrogen) atoms. The first kappa shape index (κ1) is 17.5. The number of ether oxygens (including phenoxy) is 1. The van der Waals surface area contributed by atoms with Gasteiger partial charge >= 0.3 is 0 Å². The van der Waals surface area contributed by atoms with Crippen LogP contribution in [0.4, 0.5) is 0 Å². The van der Waals surface area contributed by atoms with Gasteiger partial charge in [-0.05, 0) is 31.0 Å². The van der Waals surface area contributed by atoms with Gasteiger partial charge in [-0.2, -0.15) is 0 Å². The van der Waals surface area contributed by atoms with Crippen LogP contribution < -0.4 is 15.4 Å². The number of nitrogens with one attached hydrogen (secondary N) is 2. The van der Waals surface area contributed by atoms with Gasteiger partial charge in [-0.3, -0.25) is 0 Å². The molecule has 0 amide bonds. The molecule has 2 aromatic carbocycles. The fourth-order valence-corrected chi connectivity index (χ4v) is 2.67. The molecule has 0 aliphatic rings. The van der Waals surface area contributed by atoms with E-state index < -0.39 is 0 Å². The lowest BCUT2D eigenvalue weighted by molar-refractivity contribution is 0.402. The molecule has 2 N–H and O–H groups in total. The van der Waals surface area contributed by atoms with Crippen molar-refractivity contribution in [2.24, 2.45) is 0 Å². The van der Waals surface area contributed by atoms with Gasteiger partial charge < -0.3 is 15.4 Å². The predicted molar refractivity (Wildman–Crippen MR) is 96.9 cm³/mol. The summed E-state index contributed by atoms with van der Waals surface area (Å²) in [7, 11) is 1.73. The maximum absolute atomic E-state index is 5.44. The molecule has 0 aromatic heterocycles. The molecule has 0 saturated heterocycles. The highest BCUT2D eigenvalue weighted by molar-refractivity contribution is 5.33. The van der Waals surface area contributed by atoms with Crippen LogP contribution in [0.3, 0.4) is 0 Å². The number of rotatable bonds is 10. The van der Waals surface area contributed by atoms with Gasteiger partial charge in [0.15, 0.2) is 0 Å². The van der Waals surface area contributed by atoms with Crippen LogP contribution in [0.2, 0.25) is 0 Å². The van der Waals surface area contributed by atoms with Crippen LogP contribution in [0.1, 0.15) is 24.5 Å². The zero-order valence-corrected chi connectivity index (χ0v) is 14.2. The molecule has 3 nitrogen and oxygen atoms in total. The zero-order chi connectivity index (χ0) is 16.3. The third-order valence-corrected chi connectivity index (χ3v) is 3.92. The maximum Gasteiger partial charge on any atom is 0.123 e. The highest BCUT2D eigenvalue weighted by Gasteiger charge is 2.10. The quantitative estimate of drug-likeness (QED) is 0.660. The van der Waals surface area contributed by atoms with Gasteiger partial charge in [0.25, 0.3) is 0 Å². The summed E-state index contributed by atoms with van der Waals surface area (Å²) in [6.45, 7) is 5.04. The van der Waals surface area contributed by atoms with E-state index in [4.69, 9.17) is 4.74 Å². The Balaban J connectivity index is 1.96. The van der Waals surface area contributed by atoms with Crippen LogP contribution in [-0.2, 0) is 13.0 Å². The minimum absolute atomic E-state index is 0.397. The van der Waals surface area contributed by atoms with Gasteiger partial charge in [-0.1, -0.05) is 55.5 Å². The van der Waals surface area contributed by atoms with E-state index in [0.29, 0.717) is 6.04 Å². The SMILES string of the molecule is CCCNCC(Cc1ccccc1)NCc1ccccc1OC. The van der Waals surface area contributed by atoms with Gasteiger partial charge in [0.2, 0.25) is 0 Å². The average Bonchev–Trinajstić information content (AvgIpc) is 2.61. The highest BCUT2D eigenvalue weighted by Crippen LogP contribution is 2.17. The van der Waals surface area contributed by atoms with E-state index in [1.165, 1.54) is 11.1 Å². The number of methoxy groups -OCH3 is 1. The van der Waals surface area contributed by atoms with Crippen LogP contribution >= 0.6 is 0 Å². The van der Waals surface area contributed by atoms with Gasteiger partial charge in [-0.15, -0.1) is 0 Å². The normalized spacial score (nSPS) is 12.1. The molecule has 2 rings (SSSR count). The van der Waals surface area contributed by atoms with E-state index in [0.717, 1.165) is 38.2 Å². The fraction of sp³-hybridized carbons (Fsp3) is 0.400. The Bertz CT molecular complexity index is 557. The lowest BCUT2D eigenvalue weighted by Gasteiger charge is -2.20. The molecule has 1 atom stereocenters. The van der Waals surface area contributed by atoms with Crippen LogP contribution in [0, 0.1) is 0 Å². The van der Waals surface area contributed by atoms with E-state index in [9.17, 15) is 0 Å². The molecular formula is C20H28N2O. The molecule has 1 unspecified atom stereocenters. The predicted octanol–water partition coefficient (Wildman–Crippen LogP) is 3.40. The summed E-state index contributed by atoms with van der Waals surface area (Å²) in [5, 5.41) is 7.20. The molecule has 0 bridgehead atoms.